The summed E-state index contributed by atoms with van der Waals surface area (Å²) in [6, 6.07) is 0. The maximum atomic E-state index is 10.1. The Labute approximate surface area is 67.3 Å². The minimum Gasteiger partial charge on any atom is -0.481 e. The monoisotopic (exact) mass is 173 g/mol. The molecule has 0 spiro atoms. The van der Waals surface area contributed by atoms with Gasteiger partial charge < -0.3 is 10.4 Å². The SMILES string of the molecule is O=C(O)CCNc1ncns1. The van der Waals surface area contributed by atoms with E-state index in [9.17, 15) is 4.79 Å². The van der Waals surface area contributed by atoms with E-state index in [-0.39, 0.29) is 6.42 Å². The molecule has 0 saturated heterocycles. The Hall–Kier alpha value is -1.17. The van der Waals surface area contributed by atoms with Crippen LogP contribution in [0.1, 0.15) is 6.42 Å². The third-order valence-electron chi connectivity index (χ3n) is 0.976. The molecule has 5 nitrogen and oxygen atoms in total. The van der Waals surface area contributed by atoms with Gasteiger partial charge >= 0.3 is 5.97 Å². The summed E-state index contributed by atoms with van der Waals surface area (Å²) in [6.45, 7) is 0.393. The average molecular weight is 173 g/mol. The van der Waals surface area contributed by atoms with Crippen molar-refractivity contribution in [2.24, 2.45) is 0 Å². The Balaban J connectivity index is 2.19. The van der Waals surface area contributed by atoms with E-state index in [1.165, 1.54) is 17.9 Å². The van der Waals surface area contributed by atoms with E-state index in [0.29, 0.717) is 11.7 Å². The molecule has 0 aliphatic rings. The highest BCUT2D eigenvalue weighted by Crippen LogP contribution is 2.05. The molecule has 0 aromatic carbocycles. The molecular formula is C5H7N3O2S. The first-order chi connectivity index (χ1) is 5.29. The number of anilines is 1. The number of carboxylic acids is 1. The molecule has 11 heavy (non-hydrogen) atoms. The fourth-order valence-electron chi connectivity index (χ4n) is 0.527. The highest BCUT2D eigenvalue weighted by molar-refractivity contribution is 7.09. The van der Waals surface area contributed by atoms with Crippen LogP contribution in [0.3, 0.4) is 0 Å². The summed E-state index contributed by atoms with van der Waals surface area (Å²) in [6.07, 6.45) is 1.52. The van der Waals surface area contributed by atoms with Gasteiger partial charge in [0.2, 0.25) is 5.13 Å². The number of nitrogens with one attached hydrogen (secondary N) is 1. The summed E-state index contributed by atoms with van der Waals surface area (Å²) in [5.74, 6) is -0.818. The van der Waals surface area contributed by atoms with Gasteiger partial charge in [0.05, 0.1) is 6.42 Å². The lowest BCUT2D eigenvalue weighted by Crippen LogP contribution is -2.06. The Kier molecular flexibility index (Phi) is 2.79. The van der Waals surface area contributed by atoms with Crippen molar-refractivity contribution in [3.8, 4) is 0 Å². The summed E-state index contributed by atoms with van der Waals surface area (Å²) in [5, 5.41) is 11.7. The second-order valence-corrected chi connectivity index (χ2v) is 2.60. The van der Waals surface area contributed by atoms with E-state index in [2.05, 4.69) is 14.7 Å². The second kappa shape index (κ2) is 3.87. The summed E-state index contributed by atoms with van der Waals surface area (Å²) in [5.41, 5.74) is 0. The molecule has 0 saturated carbocycles. The molecule has 0 aliphatic carbocycles. The van der Waals surface area contributed by atoms with E-state index < -0.39 is 5.97 Å². The largest absolute Gasteiger partial charge is 0.481 e. The van der Waals surface area contributed by atoms with E-state index in [1.807, 2.05) is 0 Å². The molecule has 0 atom stereocenters. The van der Waals surface area contributed by atoms with Crippen LogP contribution in [0.2, 0.25) is 0 Å². The van der Waals surface area contributed by atoms with Crippen LogP contribution >= 0.6 is 11.5 Å². The Morgan fingerprint density at radius 1 is 1.82 bits per heavy atom. The van der Waals surface area contributed by atoms with Crippen LogP contribution < -0.4 is 5.32 Å². The first-order valence-corrected chi connectivity index (χ1v) is 3.78. The van der Waals surface area contributed by atoms with Crippen molar-refractivity contribution in [3.63, 3.8) is 0 Å². The fraction of sp³-hybridized carbons (Fsp3) is 0.400. The number of aromatic nitrogens is 2. The van der Waals surface area contributed by atoms with Crippen molar-refractivity contribution < 1.29 is 9.90 Å². The fourth-order valence-corrected chi connectivity index (χ4v) is 0.982. The number of carbonyl (C=O) groups is 1. The van der Waals surface area contributed by atoms with E-state index in [1.54, 1.807) is 0 Å². The van der Waals surface area contributed by atoms with Gasteiger partial charge in [-0.15, -0.1) is 0 Å². The van der Waals surface area contributed by atoms with E-state index in [4.69, 9.17) is 5.11 Å². The van der Waals surface area contributed by atoms with Crippen LogP contribution in [-0.2, 0) is 4.79 Å². The number of nitrogens with zero attached hydrogens (tertiary/aromatic N) is 2. The third kappa shape index (κ3) is 2.94. The van der Waals surface area contributed by atoms with Gasteiger partial charge in [-0.3, -0.25) is 4.79 Å². The molecule has 0 radical (unpaired) electrons. The Morgan fingerprint density at radius 2 is 2.64 bits per heavy atom. The maximum absolute atomic E-state index is 10.1. The molecular weight excluding hydrogens is 166 g/mol. The zero-order chi connectivity index (χ0) is 8.10. The van der Waals surface area contributed by atoms with Crippen molar-refractivity contribution in [2.45, 2.75) is 6.42 Å². The molecule has 0 unspecified atom stereocenters. The number of hydrogen-bond acceptors (Lipinski definition) is 5. The topological polar surface area (TPSA) is 75.1 Å². The number of aliphatic carboxylic acids is 1. The molecule has 1 rings (SSSR count). The summed E-state index contributed by atoms with van der Waals surface area (Å²) in [7, 11) is 0. The lowest BCUT2D eigenvalue weighted by atomic mass is 10.4. The zero-order valence-electron chi connectivity index (χ0n) is 5.65. The first-order valence-electron chi connectivity index (χ1n) is 3.01. The van der Waals surface area contributed by atoms with Gasteiger partial charge in [0.1, 0.15) is 6.33 Å². The van der Waals surface area contributed by atoms with Crippen molar-refractivity contribution in [1.29, 1.82) is 0 Å². The van der Waals surface area contributed by atoms with Crippen LogP contribution in [0.15, 0.2) is 6.33 Å². The molecule has 1 heterocycles. The minimum absolute atomic E-state index is 0.0968. The van der Waals surface area contributed by atoms with Crippen molar-refractivity contribution in [2.75, 3.05) is 11.9 Å². The Bertz CT molecular complexity index is 224. The van der Waals surface area contributed by atoms with Gasteiger partial charge in [-0.2, -0.15) is 4.37 Å². The molecule has 0 fully saturated rings. The summed E-state index contributed by atoms with van der Waals surface area (Å²) >= 11 is 1.21. The van der Waals surface area contributed by atoms with Crippen LogP contribution in [0.5, 0.6) is 0 Å². The van der Waals surface area contributed by atoms with Gasteiger partial charge in [0.25, 0.3) is 0 Å². The molecule has 1 aromatic heterocycles. The van der Waals surface area contributed by atoms with Crippen LogP contribution in [0, 0.1) is 0 Å². The standard InChI is InChI=1S/C5H7N3O2S/c9-4(10)1-2-6-5-7-3-8-11-5/h3H,1-2H2,(H,9,10)(H,6,7,8). The Morgan fingerprint density at radius 3 is 3.18 bits per heavy atom. The summed E-state index contributed by atoms with van der Waals surface area (Å²) in [4.78, 5) is 13.9. The molecule has 6 heteroatoms. The van der Waals surface area contributed by atoms with Gasteiger partial charge in [-0.05, 0) is 0 Å². The number of hydrogen-bond donors (Lipinski definition) is 2. The normalized spacial score (nSPS) is 9.45. The highest BCUT2D eigenvalue weighted by atomic mass is 32.1. The molecule has 60 valence electrons. The average Bonchev–Trinajstić information content (AvgIpc) is 2.39. The number of carboxylic acid groups (broad SMARTS) is 1. The number of rotatable bonds is 4. The minimum atomic E-state index is -0.818. The zero-order valence-corrected chi connectivity index (χ0v) is 6.47. The van der Waals surface area contributed by atoms with E-state index in [0.717, 1.165) is 0 Å². The lowest BCUT2D eigenvalue weighted by molar-refractivity contribution is -0.136. The molecule has 0 bridgehead atoms. The third-order valence-corrected chi connectivity index (χ3v) is 1.60. The predicted octanol–water partition coefficient (Wildman–Crippen LogP) is 0.425. The molecule has 0 amide bonds. The maximum Gasteiger partial charge on any atom is 0.305 e. The molecule has 0 aliphatic heterocycles. The molecule has 1 aromatic rings. The predicted molar refractivity (Wildman–Crippen MR) is 40.7 cm³/mol. The summed E-state index contributed by atoms with van der Waals surface area (Å²) < 4.78 is 3.74. The lowest BCUT2D eigenvalue weighted by Gasteiger charge is -1.96. The van der Waals surface area contributed by atoms with Crippen molar-refractivity contribution in [3.05, 3.63) is 6.33 Å². The smallest absolute Gasteiger partial charge is 0.305 e. The van der Waals surface area contributed by atoms with Gasteiger partial charge in [-0.25, -0.2) is 4.98 Å². The van der Waals surface area contributed by atoms with Crippen molar-refractivity contribution >= 4 is 22.6 Å². The van der Waals surface area contributed by atoms with Crippen molar-refractivity contribution in [1.82, 2.24) is 9.36 Å². The van der Waals surface area contributed by atoms with Crippen LogP contribution in [0.4, 0.5) is 5.13 Å². The van der Waals surface area contributed by atoms with E-state index >= 15 is 0 Å². The van der Waals surface area contributed by atoms with Gasteiger partial charge in [0, 0.05) is 18.1 Å². The quantitative estimate of drug-likeness (QED) is 0.690. The van der Waals surface area contributed by atoms with Crippen LogP contribution in [-0.4, -0.2) is 27.0 Å². The highest BCUT2D eigenvalue weighted by Gasteiger charge is 1.97. The van der Waals surface area contributed by atoms with Gasteiger partial charge in [-0.1, -0.05) is 0 Å². The second-order valence-electron chi connectivity index (χ2n) is 1.82. The van der Waals surface area contributed by atoms with Gasteiger partial charge in [0.15, 0.2) is 0 Å². The van der Waals surface area contributed by atoms with Crippen LogP contribution in [0.25, 0.3) is 0 Å². The first kappa shape index (κ1) is 7.93. The molecule has 2 N–H and O–H groups in total.